The number of rotatable bonds is 3. The number of nitrogens with zero attached hydrogens (tertiary/aromatic N) is 1. The molecule has 4 nitrogen and oxygen atoms in total. The van der Waals surface area contributed by atoms with Crippen LogP contribution in [0.5, 0.6) is 5.75 Å². The summed E-state index contributed by atoms with van der Waals surface area (Å²) in [5.74, 6) is 0.776. The molecule has 0 aliphatic carbocycles. The molecule has 78 valence electrons. The quantitative estimate of drug-likeness (QED) is 0.807. The zero-order valence-electron chi connectivity index (χ0n) is 8.49. The van der Waals surface area contributed by atoms with Crippen LogP contribution in [0.25, 0.3) is 0 Å². The van der Waals surface area contributed by atoms with Gasteiger partial charge in [-0.2, -0.15) is 5.10 Å². The van der Waals surface area contributed by atoms with Crippen molar-refractivity contribution in [2.45, 2.75) is 13.3 Å². The van der Waals surface area contributed by atoms with Crippen molar-refractivity contribution in [2.75, 3.05) is 6.61 Å². The van der Waals surface area contributed by atoms with E-state index in [-0.39, 0.29) is 5.91 Å². The average molecular weight is 204 g/mol. The molecule has 0 saturated carbocycles. The van der Waals surface area contributed by atoms with Crippen LogP contribution in [0.1, 0.15) is 18.9 Å². The van der Waals surface area contributed by atoms with Gasteiger partial charge in [-0.3, -0.25) is 4.79 Å². The molecule has 1 aliphatic rings. The third kappa shape index (κ3) is 2.15. The van der Waals surface area contributed by atoms with Crippen molar-refractivity contribution < 1.29 is 9.53 Å². The summed E-state index contributed by atoms with van der Waals surface area (Å²) in [6.07, 6.45) is 0.355. The van der Waals surface area contributed by atoms with Crippen molar-refractivity contribution in [2.24, 2.45) is 5.10 Å². The lowest BCUT2D eigenvalue weighted by Gasteiger charge is -2.03. The minimum atomic E-state index is -0.0566. The van der Waals surface area contributed by atoms with Crippen LogP contribution in [0.4, 0.5) is 0 Å². The monoisotopic (exact) mass is 204 g/mol. The van der Waals surface area contributed by atoms with Gasteiger partial charge in [-0.15, -0.1) is 0 Å². The smallest absolute Gasteiger partial charge is 0.246 e. The first-order chi connectivity index (χ1) is 7.29. The fourth-order valence-corrected chi connectivity index (χ4v) is 1.44. The second-order valence-corrected chi connectivity index (χ2v) is 3.23. The standard InChI is InChI=1S/C11H12N2O2/c1-2-15-9-5-3-8(4-6-9)10-7-11(14)13-12-10/h3-6H,2,7H2,1H3,(H,13,14). The number of carbonyl (C=O) groups is 1. The van der Waals surface area contributed by atoms with Crippen LogP contribution in [0.15, 0.2) is 29.4 Å². The molecule has 1 amide bonds. The molecule has 0 spiro atoms. The van der Waals surface area contributed by atoms with Crippen LogP contribution < -0.4 is 10.2 Å². The maximum Gasteiger partial charge on any atom is 0.246 e. The van der Waals surface area contributed by atoms with Crippen LogP contribution >= 0.6 is 0 Å². The lowest BCUT2D eigenvalue weighted by molar-refractivity contribution is -0.119. The van der Waals surface area contributed by atoms with E-state index in [9.17, 15) is 4.79 Å². The Morgan fingerprint density at radius 2 is 2.13 bits per heavy atom. The highest BCUT2D eigenvalue weighted by Crippen LogP contribution is 2.15. The molecule has 2 rings (SSSR count). The molecule has 0 atom stereocenters. The Hall–Kier alpha value is -1.84. The SMILES string of the molecule is CCOc1ccc(C2=NNC(=O)C2)cc1. The Kier molecular flexibility index (Phi) is 2.67. The molecule has 0 unspecified atom stereocenters. The van der Waals surface area contributed by atoms with E-state index in [1.165, 1.54) is 0 Å². The van der Waals surface area contributed by atoms with Gasteiger partial charge in [-0.1, -0.05) is 0 Å². The third-order valence-electron chi connectivity index (χ3n) is 2.14. The van der Waals surface area contributed by atoms with Gasteiger partial charge >= 0.3 is 0 Å². The molecule has 1 aromatic rings. The Bertz CT molecular complexity index is 396. The summed E-state index contributed by atoms with van der Waals surface area (Å²) in [5, 5.41) is 3.94. The van der Waals surface area contributed by atoms with E-state index < -0.39 is 0 Å². The highest BCUT2D eigenvalue weighted by Gasteiger charge is 2.15. The van der Waals surface area contributed by atoms with Crippen molar-refractivity contribution in [1.82, 2.24) is 5.43 Å². The van der Waals surface area contributed by atoms with Gasteiger partial charge in [0.25, 0.3) is 0 Å². The summed E-state index contributed by atoms with van der Waals surface area (Å²) < 4.78 is 5.32. The number of carbonyl (C=O) groups excluding carboxylic acids is 1. The van der Waals surface area contributed by atoms with Crippen molar-refractivity contribution in [1.29, 1.82) is 0 Å². The van der Waals surface area contributed by atoms with E-state index in [4.69, 9.17) is 4.74 Å². The topological polar surface area (TPSA) is 50.7 Å². The molecular weight excluding hydrogens is 192 g/mol. The van der Waals surface area contributed by atoms with Gasteiger partial charge in [0.2, 0.25) is 5.91 Å². The van der Waals surface area contributed by atoms with E-state index in [1.807, 2.05) is 31.2 Å². The van der Waals surface area contributed by atoms with Crippen molar-refractivity contribution in [3.8, 4) is 5.75 Å². The highest BCUT2D eigenvalue weighted by atomic mass is 16.5. The minimum Gasteiger partial charge on any atom is -0.494 e. The van der Waals surface area contributed by atoms with Gasteiger partial charge in [0.1, 0.15) is 5.75 Å². The summed E-state index contributed by atoms with van der Waals surface area (Å²) in [4.78, 5) is 10.9. The first kappa shape index (κ1) is 9.71. The van der Waals surface area contributed by atoms with Gasteiger partial charge in [0.15, 0.2) is 0 Å². The lowest BCUT2D eigenvalue weighted by atomic mass is 10.1. The van der Waals surface area contributed by atoms with Crippen LogP contribution in [0, 0.1) is 0 Å². The summed E-state index contributed by atoms with van der Waals surface area (Å²) in [7, 11) is 0. The summed E-state index contributed by atoms with van der Waals surface area (Å²) in [6, 6.07) is 7.57. The second-order valence-electron chi connectivity index (χ2n) is 3.23. The molecule has 0 fully saturated rings. The summed E-state index contributed by atoms with van der Waals surface area (Å²) in [5.41, 5.74) is 4.16. The number of hydrazone groups is 1. The molecule has 1 aromatic carbocycles. The van der Waals surface area contributed by atoms with E-state index in [0.717, 1.165) is 17.0 Å². The first-order valence-electron chi connectivity index (χ1n) is 4.88. The van der Waals surface area contributed by atoms with Gasteiger partial charge in [-0.25, -0.2) is 5.43 Å². The maximum atomic E-state index is 10.9. The predicted octanol–water partition coefficient (Wildman–Crippen LogP) is 1.31. The summed E-state index contributed by atoms with van der Waals surface area (Å²) in [6.45, 7) is 2.60. The Morgan fingerprint density at radius 3 is 2.67 bits per heavy atom. The lowest BCUT2D eigenvalue weighted by Crippen LogP contribution is -2.09. The number of hydrogen-bond acceptors (Lipinski definition) is 3. The number of nitrogens with one attached hydrogen (secondary N) is 1. The van der Waals surface area contributed by atoms with E-state index in [0.29, 0.717) is 13.0 Å². The normalized spacial score (nSPS) is 14.7. The Balaban J connectivity index is 2.13. The maximum absolute atomic E-state index is 10.9. The van der Waals surface area contributed by atoms with Crippen molar-refractivity contribution in [3.05, 3.63) is 29.8 Å². The van der Waals surface area contributed by atoms with E-state index in [2.05, 4.69) is 10.5 Å². The van der Waals surface area contributed by atoms with Crippen LogP contribution in [-0.2, 0) is 4.79 Å². The average Bonchev–Trinajstić information content (AvgIpc) is 2.67. The van der Waals surface area contributed by atoms with Crippen LogP contribution in [0.2, 0.25) is 0 Å². The second kappa shape index (κ2) is 4.13. The molecule has 1 aliphatic heterocycles. The van der Waals surface area contributed by atoms with E-state index >= 15 is 0 Å². The highest BCUT2D eigenvalue weighted by molar-refractivity contribution is 6.13. The van der Waals surface area contributed by atoms with E-state index in [1.54, 1.807) is 0 Å². The van der Waals surface area contributed by atoms with Gasteiger partial charge in [-0.05, 0) is 36.8 Å². The van der Waals surface area contributed by atoms with Crippen molar-refractivity contribution in [3.63, 3.8) is 0 Å². The largest absolute Gasteiger partial charge is 0.494 e. The fourth-order valence-electron chi connectivity index (χ4n) is 1.44. The summed E-state index contributed by atoms with van der Waals surface area (Å²) >= 11 is 0. The van der Waals surface area contributed by atoms with Crippen LogP contribution in [0.3, 0.4) is 0 Å². The number of hydrogen-bond donors (Lipinski definition) is 1. The molecule has 0 radical (unpaired) electrons. The molecule has 0 bridgehead atoms. The van der Waals surface area contributed by atoms with Gasteiger partial charge in [0, 0.05) is 0 Å². The molecule has 4 heteroatoms. The Labute approximate surface area is 87.9 Å². The minimum absolute atomic E-state index is 0.0566. The zero-order valence-corrected chi connectivity index (χ0v) is 8.49. The predicted molar refractivity (Wildman–Crippen MR) is 56.9 cm³/mol. The van der Waals surface area contributed by atoms with Crippen LogP contribution in [-0.4, -0.2) is 18.2 Å². The van der Waals surface area contributed by atoms with Crippen molar-refractivity contribution >= 4 is 11.6 Å². The van der Waals surface area contributed by atoms with Gasteiger partial charge < -0.3 is 4.74 Å². The zero-order chi connectivity index (χ0) is 10.7. The molecule has 0 aromatic heterocycles. The number of benzene rings is 1. The molecule has 15 heavy (non-hydrogen) atoms. The fraction of sp³-hybridized carbons (Fsp3) is 0.273. The third-order valence-corrected chi connectivity index (χ3v) is 2.14. The first-order valence-corrected chi connectivity index (χ1v) is 4.88. The number of ether oxygens (including phenoxy) is 1. The number of amides is 1. The molecule has 1 heterocycles. The molecular formula is C11H12N2O2. The molecule has 1 N–H and O–H groups in total. The Morgan fingerprint density at radius 1 is 1.40 bits per heavy atom. The molecule has 0 saturated heterocycles. The van der Waals surface area contributed by atoms with Gasteiger partial charge in [0.05, 0.1) is 18.7 Å².